The van der Waals surface area contributed by atoms with Gasteiger partial charge in [0.05, 0.1) is 13.2 Å². The molecule has 0 bridgehead atoms. The van der Waals surface area contributed by atoms with E-state index in [0.29, 0.717) is 42.5 Å². The summed E-state index contributed by atoms with van der Waals surface area (Å²) in [6.07, 6.45) is 3.31. The van der Waals surface area contributed by atoms with Gasteiger partial charge in [-0.2, -0.15) is 0 Å². The number of hydrogen-bond acceptors (Lipinski definition) is 7. The van der Waals surface area contributed by atoms with Crippen molar-refractivity contribution in [3.8, 4) is 5.75 Å². The van der Waals surface area contributed by atoms with Crippen LogP contribution >= 0.6 is 11.6 Å². The van der Waals surface area contributed by atoms with E-state index in [1.807, 2.05) is 74.2 Å². The van der Waals surface area contributed by atoms with Gasteiger partial charge < -0.3 is 33.2 Å². The summed E-state index contributed by atoms with van der Waals surface area (Å²) in [5, 5.41) is 0.661. The van der Waals surface area contributed by atoms with Crippen LogP contribution in [0, 0.1) is 0 Å². The van der Waals surface area contributed by atoms with Gasteiger partial charge in [-0.05, 0) is 87.5 Å². The van der Waals surface area contributed by atoms with Gasteiger partial charge in [-0.1, -0.05) is 62.7 Å². The predicted molar refractivity (Wildman–Crippen MR) is 194 cm³/mol. The standard InChI is InChI=1S/C38H51ClN2O7Si/c1-37(2,3)48-36(43)40-20-19-29(26-13-17-28(18-14-26)45-21-22-47-49(7,8)38(4,5)6)31(23-40)35(42)41(27-15-16-27)34(33-24-44-25-46-33)30-11-9-10-12-32(30)39/h9-14,17-18,24,27,34H,15-16,19-23,25H2,1-8H3. The van der Waals surface area contributed by atoms with E-state index >= 15 is 0 Å². The number of hydrogen-bond donors (Lipinski definition) is 0. The molecular weight excluding hydrogens is 660 g/mol. The lowest BCUT2D eigenvalue weighted by atomic mass is 9.91. The van der Waals surface area contributed by atoms with Crippen LogP contribution in [0.25, 0.3) is 5.57 Å². The van der Waals surface area contributed by atoms with Crippen molar-refractivity contribution in [3.05, 3.63) is 82.3 Å². The minimum atomic E-state index is -1.86. The molecule has 11 heteroatoms. The van der Waals surface area contributed by atoms with Crippen LogP contribution in [0.2, 0.25) is 23.2 Å². The van der Waals surface area contributed by atoms with Gasteiger partial charge in [0, 0.05) is 28.7 Å². The summed E-state index contributed by atoms with van der Waals surface area (Å²) in [6, 6.07) is 14.7. The number of halogens is 1. The summed E-state index contributed by atoms with van der Waals surface area (Å²) in [7, 11) is -1.86. The molecule has 2 aromatic rings. The monoisotopic (exact) mass is 710 g/mol. The van der Waals surface area contributed by atoms with Gasteiger partial charge in [0.1, 0.15) is 30.3 Å². The highest BCUT2D eigenvalue weighted by atomic mass is 35.5. The molecule has 2 aromatic carbocycles. The molecule has 2 heterocycles. The largest absolute Gasteiger partial charge is 0.491 e. The molecule has 5 rings (SSSR count). The van der Waals surface area contributed by atoms with Crippen molar-refractivity contribution in [1.29, 1.82) is 0 Å². The molecule has 3 aliphatic rings. The average molecular weight is 711 g/mol. The third-order valence-electron chi connectivity index (χ3n) is 9.49. The summed E-state index contributed by atoms with van der Waals surface area (Å²) in [5.41, 5.74) is 2.41. The van der Waals surface area contributed by atoms with Crippen LogP contribution in [-0.4, -0.2) is 74.9 Å². The maximum absolute atomic E-state index is 15.0. The Balaban J connectivity index is 1.45. The molecule has 2 amide bonds. The first-order valence-electron chi connectivity index (χ1n) is 17.1. The first-order valence-corrected chi connectivity index (χ1v) is 20.4. The molecule has 1 aliphatic carbocycles. The topological polar surface area (TPSA) is 86.8 Å². The van der Waals surface area contributed by atoms with E-state index in [0.717, 1.165) is 35.3 Å². The Hall–Kier alpha value is -3.47. The minimum Gasteiger partial charge on any atom is -0.491 e. The Kier molecular flexibility index (Phi) is 11.1. The molecule has 1 fully saturated rings. The zero-order valence-electron chi connectivity index (χ0n) is 30.1. The Morgan fingerprint density at radius 1 is 1.02 bits per heavy atom. The molecule has 9 nitrogen and oxygen atoms in total. The zero-order valence-corrected chi connectivity index (χ0v) is 31.9. The van der Waals surface area contributed by atoms with Crippen molar-refractivity contribution in [2.45, 2.75) is 96.6 Å². The number of nitrogens with zero attached hydrogens (tertiary/aromatic N) is 2. The summed E-state index contributed by atoms with van der Waals surface area (Å²) in [6.45, 7) is 18.2. The van der Waals surface area contributed by atoms with E-state index in [4.69, 9.17) is 35.0 Å². The van der Waals surface area contributed by atoms with Gasteiger partial charge in [-0.25, -0.2) is 4.79 Å². The number of ether oxygens (including phenoxy) is 4. The molecule has 0 N–H and O–H groups in total. The third-order valence-corrected chi connectivity index (χ3v) is 14.4. The second-order valence-corrected chi connectivity index (χ2v) is 20.6. The highest BCUT2D eigenvalue weighted by Crippen LogP contribution is 2.44. The fourth-order valence-electron chi connectivity index (χ4n) is 5.72. The Labute approximate surface area is 297 Å². The lowest BCUT2D eigenvalue weighted by Gasteiger charge is -2.37. The van der Waals surface area contributed by atoms with Crippen LogP contribution in [0.4, 0.5) is 4.79 Å². The van der Waals surface area contributed by atoms with Gasteiger partial charge in [-0.15, -0.1) is 0 Å². The number of rotatable bonds is 11. The van der Waals surface area contributed by atoms with Gasteiger partial charge in [0.25, 0.3) is 5.91 Å². The smallest absolute Gasteiger partial charge is 0.410 e. The average Bonchev–Trinajstić information content (AvgIpc) is 3.73. The molecule has 0 spiro atoms. The lowest BCUT2D eigenvalue weighted by Crippen LogP contribution is -2.46. The molecule has 0 radical (unpaired) electrons. The van der Waals surface area contributed by atoms with E-state index in [-0.39, 0.29) is 30.3 Å². The summed E-state index contributed by atoms with van der Waals surface area (Å²) in [5.74, 6) is 1.08. The molecule has 266 valence electrons. The quantitative estimate of drug-likeness (QED) is 0.170. The number of carbonyl (C=O) groups excluding carboxylic acids is 2. The maximum atomic E-state index is 15.0. The molecule has 49 heavy (non-hydrogen) atoms. The van der Waals surface area contributed by atoms with Crippen molar-refractivity contribution >= 4 is 37.5 Å². The fraction of sp³-hybridized carbons (Fsp3) is 0.526. The molecular formula is C38H51ClN2O7Si. The SMILES string of the molecule is CC(C)(C)OC(=O)N1CCC(c2ccc(OCCO[Si](C)(C)C(C)(C)C)cc2)=C(C(=O)N(C2CC2)C(C2=COCO2)c2ccccc2Cl)C1. The van der Waals surface area contributed by atoms with Crippen LogP contribution in [0.1, 0.15) is 78.0 Å². The number of benzene rings is 2. The van der Waals surface area contributed by atoms with Gasteiger partial charge >= 0.3 is 6.09 Å². The van der Waals surface area contributed by atoms with Crippen LogP contribution in [0.3, 0.4) is 0 Å². The molecule has 2 aliphatic heterocycles. The van der Waals surface area contributed by atoms with Crippen molar-refractivity contribution in [1.82, 2.24) is 9.80 Å². The Morgan fingerprint density at radius 2 is 1.71 bits per heavy atom. The van der Waals surface area contributed by atoms with E-state index in [2.05, 4.69) is 33.9 Å². The lowest BCUT2D eigenvalue weighted by molar-refractivity contribution is -0.130. The van der Waals surface area contributed by atoms with E-state index in [1.165, 1.54) is 0 Å². The molecule has 0 aromatic heterocycles. The number of amides is 2. The summed E-state index contributed by atoms with van der Waals surface area (Å²) >= 11 is 6.75. The predicted octanol–water partition coefficient (Wildman–Crippen LogP) is 8.71. The van der Waals surface area contributed by atoms with E-state index < -0.39 is 26.1 Å². The van der Waals surface area contributed by atoms with Crippen molar-refractivity contribution < 1.29 is 33.0 Å². The van der Waals surface area contributed by atoms with Gasteiger partial charge in [0.2, 0.25) is 6.79 Å². The highest BCUT2D eigenvalue weighted by Gasteiger charge is 2.44. The van der Waals surface area contributed by atoms with E-state index in [1.54, 1.807) is 11.2 Å². The van der Waals surface area contributed by atoms with Crippen LogP contribution < -0.4 is 4.74 Å². The molecule has 1 saturated carbocycles. The molecule has 1 atom stereocenters. The third kappa shape index (κ3) is 9.01. The normalized spacial score (nSPS) is 17.6. The van der Waals surface area contributed by atoms with Crippen molar-refractivity contribution in [2.24, 2.45) is 0 Å². The molecule has 0 saturated heterocycles. The van der Waals surface area contributed by atoms with Crippen LogP contribution in [-0.2, 0) is 23.4 Å². The maximum Gasteiger partial charge on any atom is 0.410 e. The van der Waals surface area contributed by atoms with Crippen LogP contribution in [0.5, 0.6) is 5.75 Å². The van der Waals surface area contributed by atoms with Crippen molar-refractivity contribution in [3.63, 3.8) is 0 Å². The highest BCUT2D eigenvalue weighted by molar-refractivity contribution is 6.74. The Morgan fingerprint density at radius 3 is 2.31 bits per heavy atom. The Bertz CT molecular complexity index is 1570. The van der Waals surface area contributed by atoms with E-state index in [9.17, 15) is 9.59 Å². The molecule has 1 unspecified atom stereocenters. The summed E-state index contributed by atoms with van der Waals surface area (Å²) < 4.78 is 29.4. The van der Waals surface area contributed by atoms with Gasteiger partial charge in [-0.3, -0.25) is 4.79 Å². The van der Waals surface area contributed by atoms with Crippen LogP contribution in [0.15, 0.2) is 66.1 Å². The second kappa shape index (κ2) is 14.8. The fourth-order valence-corrected chi connectivity index (χ4v) is 6.99. The first-order chi connectivity index (χ1) is 23.1. The van der Waals surface area contributed by atoms with Gasteiger partial charge in [0.15, 0.2) is 14.1 Å². The minimum absolute atomic E-state index is 0.0196. The summed E-state index contributed by atoms with van der Waals surface area (Å²) in [4.78, 5) is 31.8. The second-order valence-electron chi connectivity index (χ2n) is 15.4. The zero-order chi connectivity index (χ0) is 35.6. The number of carbonyl (C=O) groups is 2. The first kappa shape index (κ1) is 36.8. The van der Waals surface area contributed by atoms with Crippen molar-refractivity contribution in [2.75, 3.05) is 33.1 Å².